The molecule has 0 spiro atoms. The molecule has 1 aliphatic heterocycles. The topological polar surface area (TPSA) is 77.4 Å². The van der Waals surface area contributed by atoms with E-state index in [1.54, 1.807) is 14.0 Å². The van der Waals surface area contributed by atoms with E-state index in [4.69, 9.17) is 0 Å². The third-order valence-electron chi connectivity index (χ3n) is 4.51. The monoisotopic (exact) mass is 332 g/mol. The molecule has 0 N–H and O–H groups in total. The molecule has 0 amide bonds. The molecule has 0 aliphatic carbocycles. The Bertz CT molecular complexity index is 946. The van der Waals surface area contributed by atoms with Crippen LogP contribution in [-0.2, 0) is 13.6 Å². The summed E-state index contributed by atoms with van der Waals surface area (Å²) >= 11 is 0. The highest BCUT2D eigenvalue weighted by atomic mass is 16.2. The number of aryl methyl sites for hydroxylation is 1. The van der Waals surface area contributed by atoms with Gasteiger partial charge in [0.2, 0.25) is 5.95 Å². The summed E-state index contributed by atoms with van der Waals surface area (Å²) in [5, 5.41) is 6.47. The first-order chi connectivity index (χ1) is 11.3. The van der Waals surface area contributed by atoms with Crippen LogP contribution >= 0.6 is 0 Å². The van der Waals surface area contributed by atoms with E-state index in [2.05, 4.69) is 23.9 Å². The molecule has 2 aromatic rings. The predicted molar refractivity (Wildman–Crippen MR) is 94.9 cm³/mol. The highest BCUT2D eigenvalue weighted by Crippen LogP contribution is 2.30. The second-order valence-electron chi connectivity index (χ2n) is 6.74. The molecule has 1 atom stereocenters. The van der Waals surface area contributed by atoms with Gasteiger partial charge in [-0.25, -0.2) is 9.80 Å². The lowest BCUT2D eigenvalue weighted by Gasteiger charge is -2.30. The molecule has 1 aliphatic rings. The van der Waals surface area contributed by atoms with E-state index in [0.29, 0.717) is 36.1 Å². The minimum absolute atomic E-state index is 0.0797. The summed E-state index contributed by atoms with van der Waals surface area (Å²) in [5.41, 5.74) is 1.16. The zero-order valence-corrected chi connectivity index (χ0v) is 15.1. The van der Waals surface area contributed by atoms with Crippen LogP contribution in [0.2, 0.25) is 0 Å². The smallest absolute Gasteiger partial charge is 0.294 e. The van der Waals surface area contributed by atoms with Gasteiger partial charge in [-0.15, -0.1) is 0 Å². The fourth-order valence-corrected chi connectivity index (χ4v) is 3.13. The van der Waals surface area contributed by atoms with E-state index in [9.17, 15) is 9.59 Å². The van der Waals surface area contributed by atoms with Gasteiger partial charge in [-0.2, -0.15) is 10.1 Å². The standard InChI is InChI=1S/C16H24N6O2/c1-7-20-14(23)12-13(19(6)16(20)24)17-15-21(8-9(2)3)18-10(4)11(5)22(12)15/h9,11H,7-8H2,1-6H3/t11-/m1/s1. The van der Waals surface area contributed by atoms with Gasteiger partial charge in [0.15, 0.2) is 11.2 Å². The van der Waals surface area contributed by atoms with Crippen LogP contribution in [0.5, 0.6) is 0 Å². The largest absolute Gasteiger partial charge is 0.332 e. The molecule has 0 saturated heterocycles. The molecule has 0 radical (unpaired) electrons. The molecule has 0 unspecified atom stereocenters. The number of aromatic nitrogens is 4. The minimum Gasteiger partial charge on any atom is -0.294 e. The van der Waals surface area contributed by atoms with E-state index in [1.165, 1.54) is 9.13 Å². The second kappa shape index (κ2) is 5.61. The van der Waals surface area contributed by atoms with Crippen LogP contribution in [0, 0.1) is 5.92 Å². The van der Waals surface area contributed by atoms with Crippen LogP contribution in [0.3, 0.4) is 0 Å². The first-order valence-corrected chi connectivity index (χ1v) is 8.32. The van der Waals surface area contributed by atoms with Gasteiger partial charge >= 0.3 is 5.69 Å². The zero-order valence-electron chi connectivity index (χ0n) is 15.1. The Morgan fingerprint density at radius 1 is 1.25 bits per heavy atom. The molecular weight excluding hydrogens is 308 g/mol. The Morgan fingerprint density at radius 2 is 1.92 bits per heavy atom. The summed E-state index contributed by atoms with van der Waals surface area (Å²) in [4.78, 5) is 29.9. The van der Waals surface area contributed by atoms with Gasteiger partial charge in [0.05, 0.1) is 11.8 Å². The number of anilines is 1. The Kier molecular flexibility index (Phi) is 3.85. The van der Waals surface area contributed by atoms with Crippen molar-refractivity contribution in [2.75, 3.05) is 11.6 Å². The van der Waals surface area contributed by atoms with Crippen molar-refractivity contribution in [2.24, 2.45) is 18.1 Å². The third kappa shape index (κ3) is 2.20. The number of imidazole rings is 1. The van der Waals surface area contributed by atoms with Crippen molar-refractivity contribution in [3.05, 3.63) is 20.8 Å². The van der Waals surface area contributed by atoms with Gasteiger partial charge in [-0.3, -0.25) is 18.5 Å². The quantitative estimate of drug-likeness (QED) is 0.849. The number of hydrogen-bond donors (Lipinski definition) is 0. The highest BCUT2D eigenvalue weighted by molar-refractivity contribution is 5.91. The summed E-state index contributed by atoms with van der Waals surface area (Å²) in [6.07, 6.45) is 0. The molecule has 0 fully saturated rings. The number of hydrazone groups is 1. The van der Waals surface area contributed by atoms with Crippen LogP contribution < -0.4 is 16.3 Å². The lowest BCUT2D eigenvalue weighted by molar-refractivity contribution is 0.571. The van der Waals surface area contributed by atoms with Crippen molar-refractivity contribution >= 4 is 22.8 Å². The van der Waals surface area contributed by atoms with Gasteiger partial charge in [-0.05, 0) is 26.7 Å². The average molecular weight is 332 g/mol. The van der Waals surface area contributed by atoms with Crippen LogP contribution in [-0.4, -0.2) is 30.9 Å². The molecule has 0 saturated carbocycles. The fourth-order valence-electron chi connectivity index (χ4n) is 3.13. The molecular formula is C16H24N6O2. The minimum atomic E-state index is -0.342. The molecule has 2 aromatic heterocycles. The summed E-state index contributed by atoms with van der Waals surface area (Å²) in [6, 6.07) is -0.0797. The van der Waals surface area contributed by atoms with Crippen LogP contribution in [0.1, 0.15) is 40.7 Å². The van der Waals surface area contributed by atoms with Crippen molar-refractivity contribution < 1.29 is 0 Å². The normalized spacial score (nSPS) is 17.5. The molecule has 0 aromatic carbocycles. The first-order valence-electron chi connectivity index (χ1n) is 8.32. The Labute approximate surface area is 140 Å². The van der Waals surface area contributed by atoms with Crippen LogP contribution in [0.4, 0.5) is 5.95 Å². The predicted octanol–water partition coefficient (Wildman–Crippen LogP) is 1.33. The van der Waals surface area contributed by atoms with Crippen molar-refractivity contribution in [3.8, 4) is 0 Å². The lowest BCUT2D eigenvalue weighted by Crippen LogP contribution is -2.40. The summed E-state index contributed by atoms with van der Waals surface area (Å²) in [7, 11) is 1.65. The Balaban J connectivity index is 2.41. The molecule has 8 nitrogen and oxygen atoms in total. The maximum Gasteiger partial charge on any atom is 0.332 e. The van der Waals surface area contributed by atoms with Gasteiger partial charge in [0.1, 0.15) is 0 Å². The van der Waals surface area contributed by atoms with Crippen molar-refractivity contribution in [1.29, 1.82) is 0 Å². The molecule has 8 heteroatoms. The van der Waals surface area contributed by atoms with Crippen molar-refractivity contribution in [1.82, 2.24) is 18.7 Å². The maximum atomic E-state index is 12.9. The molecule has 0 bridgehead atoms. The van der Waals surface area contributed by atoms with Crippen molar-refractivity contribution in [3.63, 3.8) is 0 Å². The van der Waals surface area contributed by atoms with Gasteiger partial charge < -0.3 is 0 Å². The molecule has 24 heavy (non-hydrogen) atoms. The van der Waals surface area contributed by atoms with E-state index >= 15 is 0 Å². The number of nitrogens with zero attached hydrogens (tertiary/aromatic N) is 6. The van der Waals surface area contributed by atoms with Crippen LogP contribution in [0.15, 0.2) is 14.7 Å². The number of hydrogen-bond acceptors (Lipinski definition) is 5. The van der Waals surface area contributed by atoms with Gasteiger partial charge in [-0.1, -0.05) is 13.8 Å². The summed E-state index contributed by atoms with van der Waals surface area (Å²) in [6.45, 7) is 11.0. The van der Waals surface area contributed by atoms with Gasteiger partial charge in [0.25, 0.3) is 5.56 Å². The average Bonchev–Trinajstić information content (AvgIpc) is 2.91. The fraction of sp³-hybridized carbons (Fsp3) is 0.625. The van der Waals surface area contributed by atoms with Crippen LogP contribution in [0.25, 0.3) is 11.2 Å². The lowest BCUT2D eigenvalue weighted by atomic mass is 10.2. The molecule has 3 rings (SSSR count). The van der Waals surface area contributed by atoms with E-state index < -0.39 is 0 Å². The molecule has 130 valence electrons. The molecule has 3 heterocycles. The van der Waals surface area contributed by atoms with Crippen molar-refractivity contribution in [2.45, 2.75) is 47.2 Å². The first kappa shape index (κ1) is 16.5. The van der Waals surface area contributed by atoms with E-state index in [0.717, 1.165) is 5.71 Å². The highest BCUT2D eigenvalue weighted by Gasteiger charge is 2.30. The van der Waals surface area contributed by atoms with E-state index in [1.807, 2.05) is 23.4 Å². The number of rotatable bonds is 3. The second-order valence-corrected chi connectivity index (χ2v) is 6.74. The van der Waals surface area contributed by atoms with E-state index in [-0.39, 0.29) is 17.3 Å². The maximum absolute atomic E-state index is 12.9. The Morgan fingerprint density at radius 3 is 2.50 bits per heavy atom. The third-order valence-corrected chi connectivity index (χ3v) is 4.51. The SMILES string of the molecule is CCn1c(=O)c2c(nc3n2[C@H](C)C(C)=NN3CC(C)C)n(C)c1=O. The Hall–Kier alpha value is -2.38. The number of fused-ring (bicyclic) bond motifs is 3. The van der Waals surface area contributed by atoms with Gasteiger partial charge in [0, 0.05) is 20.1 Å². The zero-order chi connectivity index (χ0) is 17.8. The summed E-state index contributed by atoms with van der Waals surface area (Å²) in [5.74, 6) is 1.01. The summed E-state index contributed by atoms with van der Waals surface area (Å²) < 4.78 is 4.60.